The van der Waals surface area contributed by atoms with Gasteiger partial charge in [0.2, 0.25) is 0 Å². The van der Waals surface area contributed by atoms with E-state index in [-0.39, 0.29) is 17.3 Å². The highest BCUT2D eigenvalue weighted by Crippen LogP contribution is 2.23. The lowest BCUT2D eigenvalue weighted by molar-refractivity contribution is -0.133. The van der Waals surface area contributed by atoms with Crippen LogP contribution in [-0.4, -0.2) is 22.1 Å². The summed E-state index contributed by atoms with van der Waals surface area (Å²) in [6.45, 7) is 3.46. The molecule has 0 aliphatic heterocycles. The number of phenols is 1. The Morgan fingerprint density at radius 1 is 1.15 bits per heavy atom. The molecule has 0 saturated heterocycles. The molecule has 7 heteroatoms. The molecule has 1 heterocycles. The Balaban J connectivity index is 2.04. The van der Waals surface area contributed by atoms with Gasteiger partial charge in [-0.2, -0.15) is 0 Å². The van der Waals surface area contributed by atoms with Gasteiger partial charge >= 0.3 is 11.8 Å². The van der Waals surface area contributed by atoms with Crippen LogP contribution in [0.15, 0.2) is 28.8 Å². The van der Waals surface area contributed by atoms with E-state index in [0.717, 1.165) is 5.56 Å². The minimum atomic E-state index is -0.911. The molecular formula is C13H13N3O4. The monoisotopic (exact) mass is 275 g/mol. The van der Waals surface area contributed by atoms with Crippen LogP contribution in [0.1, 0.15) is 11.3 Å². The number of aryl methyl sites for hydroxylation is 2. The molecule has 1 aromatic heterocycles. The van der Waals surface area contributed by atoms with E-state index in [0.29, 0.717) is 5.76 Å². The number of carbonyl (C=O) groups is 2. The van der Waals surface area contributed by atoms with Gasteiger partial charge in [0.15, 0.2) is 5.82 Å². The number of amides is 2. The number of hydrogen-bond acceptors (Lipinski definition) is 5. The molecule has 20 heavy (non-hydrogen) atoms. The lowest BCUT2D eigenvalue weighted by Crippen LogP contribution is -2.29. The Labute approximate surface area is 114 Å². The van der Waals surface area contributed by atoms with E-state index in [1.165, 1.54) is 12.1 Å². The Hall–Kier alpha value is -2.83. The Morgan fingerprint density at radius 2 is 1.85 bits per heavy atom. The summed E-state index contributed by atoms with van der Waals surface area (Å²) in [7, 11) is 0. The normalized spacial score (nSPS) is 10.1. The smallest absolute Gasteiger partial charge is 0.315 e. The summed E-state index contributed by atoms with van der Waals surface area (Å²) in [6, 6.07) is 6.16. The van der Waals surface area contributed by atoms with Gasteiger partial charge in [0, 0.05) is 6.07 Å². The molecule has 0 fully saturated rings. The van der Waals surface area contributed by atoms with E-state index in [9.17, 15) is 14.7 Å². The predicted octanol–water partition coefficient (Wildman–Crippen LogP) is 1.57. The molecule has 0 unspecified atom stereocenters. The van der Waals surface area contributed by atoms with Crippen molar-refractivity contribution in [1.29, 1.82) is 0 Å². The molecule has 0 radical (unpaired) electrons. The number of nitrogens with zero attached hydrogens (tertiary/aromatic N) is 1. The third kappa shape index (κ3) is 3.14. The summed E-state index contributed by atoms with van der Waals surface area (Å²) in [6.07, 6.45) is 0. The Kier molecular flexibility index (Phi) is 3.69. The molecule has 0 saturated carbocycles. The van der Waals surface area contributed by atoms with Gasteiger partial charge in [-0.15, -0.1) is 0 Å². The van der Waals surface area contributed by atoms with Crippen molar-refractivity contribution < 1.29 is 19.2 Å². The lowest BCUT2D eigenvalue weighted by Gasteiger charge is -2.07. The van der Waals surface area contributed by atoms with Gasteiger partial charge in [-0.05, 0) is 31.5 Å². The molecular weight excluding hydrogens is 262 g/mol. The van der Waals surface area contributed by atoms with Crippen molar-refractivity contribution >= 4 is 23.3 Å². The van der Waals surface area contributed by atoms with Crippen LogP contribution in [0.5, 0.6) is 5.75 Å². The molecule has 0 aliphatic rings. The van der Waals surface area contributed by atoms with Crippen LogP contribution >= 0.6 is 0 Å². The highest BCUT2D eigenvalue weighted by atomic mass is 16.5. The molecule has 1 aromatic carbocycles. The fraction of sp³-hybridized carbons (Fsp3) is 0.154. The SMILES string of the molecule is Cc1ccc(O)c(NC(=O)C(=O)Nc2cc(C)on2)c1. The van der Waals surface area contributed by atoms with Crippen molar-refractivity contribution in [1.82, 2.24) is 5.16 Å². The molecule has 3 N–H and O–H groups in total. The number of rotatable bonds is 2. The number of carbonyl (C=O) groups excluding carboxylic acids is 2. The van der Waals surface area contributed by atoms with Crippen molar-refractivity contribution in [3.63, 3.8) is 0 Å². The van der Waals surface area contributed by atoms with Gasteiger partial charge in [0.25, 0.3) is 0 Å². The predicted molar refractivity (Wildman–Crippen MR) is 71.3 cm³/mol. The fourth-order valence-corrected chi connectivity index (χ4v) is 1.53. The maximum Gasteiger partial charge on any atom is 0.315 e. The zero-order valence-electron chi connectivity index (χ0n) is 10.9. The number of benzene rings is 1. The standard InChI is InChI=1S/C13H13N3O4/c1-7-3-4-10(17)9(5-7)14-12(18)13(19)15-11-6-8(2)20-16-11/h3-6,17H,1-2H3,(H,14,18)(H,15,16,19). The van der Waals surface area contributed by atoms with Crippen LogP contribution in [0, 0.1) is 13.8 Å². The minimum Gasteiger partial charge on any atom is -0.506 e. The van der Waals surface area contributed by atoms with Gasteiger partial charge in [-0.1, -0.05) is 11.2 Å². The third-order valence-corrected chi connectivity index (χ3v) is 2.48. The summed E-state index contributed by atoms with van der Waals surface area (Å²) in [5, 5.41) is 17.7. The summed E-state index contributed by atoms with van der Waals surface area (Å²) >= 11 is 0. The molecule has 0 spiro atoms. The van der Waals surface area contributed by atoms with Crippen LogP contribution in [-0.2, 0) is 9.59 Å². The number of nitrogens with one attached hydrogen (secondary N) is 2. The van der Waals surface area contributed by atoms with E-state index in [2.05, 4.69) is 15.8 Å². The summed E-state index contributed by atoms with van der Waals surface area (Å²) in [5.41, 5.74) is 1.01. The van der Waals surface area contributed by atoms with Crippen LogP contribution in [0.3, 0.4) is 0 Å². The van der Waals surface area contributed by atoms with Gasteiger partial charge in [-0.3, -0.25) is 14.9 Å². The van der Waals surface area contributed by atoms with E-state index < -0.39 is 11.8 Å². The first kappa shape index (κ1) is 13.6. The average Bonchev–Trinajstić information content (AvgIpc) is 2.79. The second-order valence-electron chi connectivity index (χ2n) is 4.25. The Morgan fingerprint density at radius 3 is 2.50 bits per heavy atom. The van der Waals surface area contributed by atoms with E-state index in [1.54, 1.807) is 26.0 Å². The summed E-state index contributed by atoms with van der Waals surface area (Å²) in [5.74, 6) is -1.27. The molecule has 0 bridgehead atoms. The maximum atomic E-state index is 11.7. The summed E-state index contributed by atoms with van der Waals surface area (Å²) in [4.78, 5) is 23.3. The van der Waals surface area contributed by atoms with Crippen LogP contribution in [0.25, 0.3) is 0 Å². The van der Waals surface area contributed by atoms with Crippen LogP contribution in [0.4, 0.5) is 11.5 Å². The molecule has 0 aliphatic carbocycles. The molecule has 2 aromatic rings. The van der Waals surface area contributed by atoms with Crippen molar-refractivity contribution in [2.45, 2.75) is 13.8 Å². The zero-order chi connectivity index (χ0) is 14.7. The third-order valence-electron chi connectivity index (χ3n) is 2.48. The largest absolute Gasteiger partial charge is 0.506 e. The number of aromatic hydroxyl groups is 1. The van der Waals surface area contributed by atoms with Gasteiger partial charge in [0.05, 0.1) is 5.69 Å². The summed E-state index contributed by atoms with van der Waals surface area (Å²) < 4.78 is 4.76. The van der Waals surface area contributed by atoms with Crippen molar-refractivity contribution in [3.05, 3.63) is 35.6 Å². The second kappa shape index (κ2) is 5.43. The van der Waals surface area contributed by atoms with Gasteiger partial charge < -0.3 is 14.9 Å². The topological polar surface area (TPSA) is 104 Å². The molecule has 7 nitrogen and oxygen atoms in total. The van der Waals surface area contributed by atoms with E-state index >= 15 is 0 Å². The van der Waals surface area contributed by atoms with Crippen molar-refractivity contribution in [2.24, 2.45) is 0 Å². The van der Waals surface area contributed by atoms with E-state index in [1.807, 2.05) is 0 Å². The number of hydrogen-bond donors (Lipinski definition) is 3. The molecule has 0 atom stereocenters. The van der Waals surface area contributed by atoms with Crippen LogP contribution in [0.2, 0.25) is 0 Å². The number of aromatic nitrogens is 1. The fourth-order valence-electron chi connectivity index (χ4n) is 1.53. The first-order valence-corrected chi connectivity index (χ1v) is 5.81. The number of phenolic OH excluding ortho intramolecular Hbond substituents is 1. The van der Waals surface area contributed by atoms with Gasteiger partial charge in [-0.25, -0.2) is 0 Å². The van der Waals surface area contributed by atoms with Crippen molar-refractivity contribution in [3.8, 4) is 5.75 Å². The quantitative estimate of drug-likeness (QED) is 0.570. The van der Waals surface area contributed by atoms with E-state index in [4.69, 9.17) is 4.52 Å². The highest BCUT2D eigenvalue weighted by molar-refractivity contribution is 6.43. The Bertz CT molecular complexity index is 663. The minimum absolute atomic E-state index is 0.117. The average molecular weight is 275 g/mol. The second-order valence-corrected chi connectivity index (χ2v) is 4.25. The zero-order valence-corrected chi connectivity index (χ0v) is 10.9. The maximum absolute atomic E-state index is 11.7. The molecule has 2 amide bonds. The first-order valence-electron chi connectivity index (χ1n) is 5.81. The molecule has 2 rings (SSSR count). The molecule has 104 valence electrons. The number of anilines is 2. The first-order chi connectivity index (χ1) is 9.45. The van der Waals surface area contributed by atoms with Crippen molar-refractivity contribution in [2.75, 3.05) is 10.6 Å². The lowest BCUT2D eigenvalue weighted by atomic mass is 10.2. The van der Waals surface area contributed by atoms with Gasteiger partial charge in [0.1, 0.15) is 11.5 Å². The highest BCUT2D eigenvalue weighted by Gasteiger charge is 2.17. The van der Waals surface area contributed by atoms with Crippen LogP contribution < -0.4 is 10.6 Å².